The van der Waals surface area contributed by atoms with Gasteiger partial charge in [0.15, 0.2) is 0 Å². The van der Waals surface area contributed by atoms with Gasteiger partial charge in [0.2, 0.25) is 11.8 Å². The van der Waals surface area contributed by atoms with Gasteiger partial charge in [-0.1, -0.05) is 24.3 Å². The summed E-state index contributed by atoms with van der Waals surface area (Å²) >= 11 is 0. The molecule has 32 heavy (non-hydrogen) atoms. The summed E-state index contributed by atoms with van der Waals surface area (Å²) in [4.78, 5) is 63.0. The first-order chi connectivity index (χ1) is 15.3. The number of para-hydroxylation sites is 1. The maximum atomic E-state index is 13.1. The molecule has 1 fully saturated rings. The van der Waals surface area contributed by atoms with Crippen molar-refractivity contribution in [2.75, 3.05) is 0 Å². The van der Waals surface area contributed by atoms with Crippen molar-refractivity contribution in [3.63, 3.8) is 0 Å². The highest BCUT2D eigenvalue weighted by molar-refractivity contribution is 6.24. The van der Waals surface area contributed by atoms with Crippen LogP contribution in [0.5, 0.6) is 5.75 Å². The molecule has 10 heteroatoms. The van der Waals surface area contributed by atoms with Crippen molar-refractivity contribution in [3.8, 4) is 5.75 Å². The number of nitrogens with one attached hydrogen (secondary N) is 2. The fraction of sp³-hybridized carbons (Fsp3) is 0.227. The Morgan fingerprint density at radius 3 is 2.53 bits per heavy atom. The van der Waals surface area contributed by atoms with Crippen molar-refractivity contribution < 1.29 is 29.1 Å². The van der Waals surface area contributed by atoms with Crippen molar-refractivity contribution in [3.05, 3.63) is 64.2 Å². The fourth-order valence-electron chi connectivity index (χ4n) is 3.94. The monoisotopic (exact) mass is 436 g/mol. The van der Waals surface area contributed by atoms with E-state index in [0.29, 0.717) is 11.1 Å². The van der Waals surface area contributed by atoms with Crippen LogP contribution < -0.4 is 16.4 Å². The molecule has 2 aromatic rings. The first kappa shape index (κ1) is 21.2. The number of imide groups is 2. The Morgan fingerprint density at radius 1 is 1.09 bits per heavy atom. The Labute approximate surface area is 182 Å². The molecule has 10 nitrogen and oxygen atoms in total. The number of nitrogens with two attached hydrogens (primary N) is 1. The fourth-order valence-corrected chi connectivity index (χ4v) is 3.94. The first-order valence-electron chi connectivity index (χ1n) is 9.96. The number of carbonyl (C=O) groups is 5. The smallest absolute Gasteiger partial charge is 0.262 e. The third-order valence-corrected chi connectivity index (χ3v) is 5.58. The molecule has 2 aliphatic rings. The highest BCUT2D eigenvalue weighted by Crippen LogP contribution is 2.30. The van der Waals surface area contributed by atoms with Crippen LogP contribution in [0.25, 0.3) is 0 Å². The number of phenols is 1. The summed E-state index contributed by atoms with van der Waals surface area (Å²) in [7, 11) is 0. The molecule has 0 radical (unpaired) electrons. The number of piperidine rings is 1. The van der Waals surface area contributed by atoms with Crippen LogP contribution in [0.4, 0.5) is 0 Å². The number of carbonyl (C=O) groups excluding carboxylic acids is 5. The lowest BCUT2D eigenvalue weighted by Crippen LogP contribution is -2.54. The number of hydrogen-bond donors (Lipinski definition) is 4. The highest BCUT2D eigenvalue weighted by atomic mass is 16.3. The van der Waals surface area contributed by atoms with Gasteiger partial charge < -0.3 is 16.2 Å². The highest BCUT2D eigenvalue weighted by Gasteiger charge is 2.45. The Morgan fingerprint density at radius 2 is 1.81 bits per heavy atom. The summed E-state index contributed by atoms with van der Waals surface area (Å²) in [5.41, 5.74) is 6.62. The van der Waals surface area contributed by atoms with Gasteiger partial charge in [-0.25, -0.2) is 0 Å². The molecule has 0 aliphatic carbocycles. The lowest BCUT2D eigenvalue weighted by Gasteiger charge is -2.27. The average molecular weight is 436 g/mol. The van der Waals surface area contributed by atoms with Crippen molar-refractivity contribution in [2.45, 2.75) is 32.0 Å². The first-order valence-corrected chi connectivity index (χ1v) is 9.96. The molecule has 0 saturated carbocycles. The Balaban J connectivity index is 1.57. The number of hydrogen-bond acceptors (Lipinski definition) is 7. The zero-order valence-electron chi connectivity index (χ0n) is 16.9. The minimum Gasteiger partial charge on any atom is -0.507 e. The van der Waals surface area contributed by atoms with Gasteiger partial charge >= 0.3 is 0 Å². The largest absolute Gasteiger partial charge is 0.507 e. The van der Waals surface area contributed by atoms with Gasteiger partial charge in [0.05, 0.1) is 16.7 Å². The standard InChI is InChI=1S/C22H20N4O6/c23-9-11-3-1-6-14(18(11)28)19(29)24-10-12-4-2-5-13-17(12)22(32)26(21(13)31)15-7-8-16(27)25-20(15)30/h1-6,15,28H,7-10,23H2,(H,24,29)(H,25,27,30). The van der Waals surface area contributed by atoms with E-state index in [0.717, 1.165) is 4.90 Å². The van der Waals surface area contributed by atoms with E-state index in [4.69, 9.17) is 5.73 Å². The molecule has 1 saturated heterocycles. The molecule has 0 aromatic heterocycles. The van der Waals surface area contributed by atoms with Crippen LogP contribution in [0, 0.1) is 0 Å². The molecule has 5 amide bonds. The number of benzene rings is 2. The molecule has 164 valence electrons. The van der Waals surface area contributed by atoms with E-state index in [1.54, 1.807) is 24.3 Å². The maximum absolute atomic E-state index is 13.1. The van der Waals surface area contributed by atoms with Gasteiger partial charge in [0.1, 0.15) is 11.8 Å². The van der Waals surface area contributed by atoms with Crippen LogP contribution >= 0.6 is 0 Å². The number of phenolic OH excluding ortho intramolecular Hbond substituents is 1. The van der Waals surface area contributed by atoms with E-state index in [2.05, 4.69) is 10.6 Å². The molecule has 5 N–H and O–H groups in total. The van der Waals surface area contributed by atoms with Gasteiger partial charge in [-0.3, -0.25) is 34.2 Å². The normalized spacial score (nSPS) is 17.9. The lowest BCUT2D eigenvalue weighted by molar-refractivity contribution is -0.136. The Bertz CT molecular complexity index is 1180. The number of aromatic hydroxyl groups is 1. The van der Waals surface area contributed by atoms with Crippen LogP contribution in [-0.4, -0.2) is 45.6 Å². The van der Waals surface area contributed by atoms with Crippen LogP contribution in [0.1, 0.15) is 55.0 Å². The van der Waals surface area contributed by atoms with E-state index >= 15 is 0 Å². The molecule has 0 bridgehead atoms. The molecule has 4 rings (SSSR count). The SMILES string of the molecule is NCc1cccc(C(=O)NCc2cccc3c2C(=O)N(C2CCC(=O)NC2=O)C3=O)c1O. The number of fused-ring (bicyclic) bond motifs is 1. The summed E-state index contributed by atoms with van der Waals surface area (Å²) in [6.45, 7) is -0.0254. The summed E-state index contributed by atoms with van der Waals surface area (Å²) in [5, 5.41) is 15.0. The second kappa shape index (κ2) is 8.23. The van der Waals surface area contributed by atoms with Gasteiger partial charge in [0.25, 0.3) is 17.7 Å². The Kier molecular flexibility index (Phi) is 5.45. The molecule has 2 aromatic carbocycles. The van der Waals surface area contributed by atoms with E-state index in [1.165, 1.54) is 12.1 Å². The predicted octanol–water partition coefficient (Wildman–Crippen LogP) is 0.182. The molecule has 2 heterocycles. The molecule has 2 aliphatic heterocycles. The number of nitrogens with zero attached hydrogens (tertiary/aromatic N) is 1. The van der Waals surface area contributed by atoms with E-state index in [9.17, 15) is 29.1 Å². The van der Waals surface area contributed by atoms with Gasteiger partial charge in [-0.05, 0) is 24.1 Å². The second-order valence-corrected chi connectivity index (χ2v) is 7.49. The predicted molar refractivity (Wildman–Crippen MR) is 110 cm³/mol. The van der Waals surface area contributed by atoms with Crippen LogP contribution in [0.15, 0.2) is 36.4 Å². The van der Waals surface area contributed by atoms with Gasteiger partial charge in [-0.2, -0.15) is 0 Å². The third-order valence-electron chi connectivity index (χ3n) is 5.58. The van der Waals surface area contributed by atoms with Crippen molar-refractivity contribution >= 4 is 29.5 Å². The molecular formula is C22H20N4O6. The molecule has 0 spiro atoms. The zero-order chi connectivity index (χ0) is 23.0. The van der Waals surface area contributed by atoms with Crippen LogP contribution in [0.2, 0.25) is 0 Å². The number of amides is 5. The topological polar surface area (TPSA) is 159 Å². The summed E-state index contributed by atoms with van der Waals surface area (Å²) < 4.78 is 0. The average Bonchev–Trinajstić information content (AvgIpc) is 3.03. The van der Waals surface area contributed by atoms with Crippen LogP contribution in [0.3, 0.4) is 0 Å². The van der Waals surface area contributed by atoms with Crippen molar-refractivity contribution in [1.82, 2.24) is 15.5 Å². The third kappa shape index (κ3) is 3.50. The second-order valence-electron chi connectivity index (χ2n) is 7.49. The summed E-state index contributed by atoms with van der Waals surface area (Å²) in [6.07, 6.45) is 0.0804. The van der Waals surface area contributed by atoms with Gasteiger partial charge in [-0.15, -0.1) is 0 Å². The van der Waals surface area contributed by atoms with Crippen molar-refractivity contribution in [2.24, 2.45) is 5.73 Å². The zero-order valence-corrected chi connectivity index (χ0v) is 16.9. The van der Waals surface area contributed by atoms with E-state index < -0.39 is 35.6 Å². The molecule has 1 unspecified atom stereocenters. The van der Waals surface area contributed by atoms with Gasteiger partial charge in [0, 0.05) is 25.1 Å². The van der Waals surface area contributed by atoms with E-state index in [1.807, 2.05) is 0 Å². The minimum absolute atomic E-state index is 0.0259. The quantitative estimate of drug-likeness (QED) is 0.487. The van der Waals surface area contributed by atoms with E-state index in [-0.39, 0.29) is 48.4 Å². The maximum Gasteiger partial charge on any atom is 0.262 e. The van der Waals surface area contributed by atoms with Crippen molar-refractivity contribution in [1.29, 1.82) is 0 Å². The number of rotatable bonds is 5. The Hall–Kier alpha value is -4.05. The summed E-state index contributed by atoms with van der Waals surface area (Å²) in [6, 6.07) is 8.21. The molecular weight excluding hydrogens is 416 g/mol. The summed E-state index contributed by atoms with van der Waals surface area (Å²) in [5.74, 6) is -3.22. The molecule has 1 atom stereocenters. The minimum atomic E-state index is -1.07. The lowest BCUT2D eigenvalue weighted by atomic mass is 10.0. The van der Waals surface area contributed by atoms with Crippen LogP contribution in [-0.2, 0) is 22.7 Å².